The number of aliphatic hydroxyl groups is 1. The zero-order valence-corrected chi connectivity index (χ0v) is 19.3. The number of imidazole rings is 1. The van der Waals surface area contributed by atoms with E-state index >= 15 is 0 Å². The van der Waals surface area contributed by atoms with Crippen LogP contribution in [0, 0.1) is 0 Å². The number of rotatable bonds is 8. The molecule has 0 aliphatic rings. The Morgan fingerprint density at radius 1 is 1.12 bits per heavy atom. The van der Waals surface area contributed by atoms with E-state index < -0.39 is 17.4 Å². The van der Waals surface area contributed by atoms with Crippen molar-refractivity contribution < 1.29 is 9.84 Å². The number of hydrogen-bond acceptors (Lipinski definition) is 7. The van der Waals surface area contributed by atoms with E-state index in [9.17, 15) is 14.7 Å². The lowest BCUT2D eigenvalue weighted by molar-refractivity contribution is 0.0938. The minimum atomic E-state index is -0.979. The number of benzene rings is 2. The van der Waals surface area contributed by atoms with Crippen molar-refractivity contribution >= 4 is 34.9 Å². The predicted octanol–water partition coefficient (Wildman–Crippen LogP) is 1.97. The molecule has 0 aliphatic carbocycles. The summed E-state index contributed by atoms with van der Waals surface area (Å²) in [4.78, 5) is 29.7. The van der Waals surface area contributed by atoms with Gasteiger partial charge in [-0.2, -0.15) is 10.1 Å². The molecule has 34 heavy (non-hydrogen) atoms. The third-order valence-electron chi connectivity index (χ3n) is 5.20. The van der Waals surface area contributed by atoms with Crippen LogP contribution in [-0.2, 0) is 20.6 Å². The highest BCUT2D eigenvalue weighted by Gasteiger charge is 2.21. The van der Waals surface area contributed by atoms with Gasteiger partial charge in [0.25, 0.3) is 5.56 Å². The lowest BCUT2D eigenvalue weighted by Crippen LogP contribution is -2.38. The second kappa shape index (κ2) is 9.94. The van der Waals surface area contributed by atoms with Crippen LogP contribution in [0.15, 0.2) is 69.3 Å². The van der Waals surface area contributed by atoms with E-state index in [2.05, 4.69) is 15.5 Å². The Morgan fingerprint density at radius 2 is 1.82 bits per heavy atom. The summed E-state index contributed by atoms with van der Waals surface area (Å²) in [6.45, 7) is -0.0428. The Morgan fingerprint density at radius 3 is 2.56 bits per heavy atom. The van der Waals surface area contributed by atoms with E-state index in [-0.39, 0.29) is 30.3 Å². The Kier molecular flexibility index (Phi) is 6.80. The molecule has 0 saturated heterocycles. The molecule has 0 amide bonds. The van der Waals surface area contributed by atoms with Crippen molar-refractivity contribution in [2.45, 2.75) is 12.6 Å². The molecule has 0 saturated carbocycles. The van der Waals surface area contributed by atoms with Crippen molar-refractivity contribution in [2.75, 3.05) is 12.0 Å². The van der Waals surface area contributed by atoms with Crippen molar-refractivity contribution in [3.63, 3.8) is 0 Å². The van der Waals surface area contributed by atoms with Crippen molar-refractivity contribution in [1.29, 1.82) is 0 Å². The molecule has 4 rings (SSSR count). The fourth-order valence-corrected chi connectivity index (χ4v) is 3.61. The van der Waals surface area contributed by atoms with Gasteiger partial charge in [-0.05, 0) is 18.2 Å². The summed E-state index contributed by atoms with van der Waals surface area (Å²) in [7, 11) is 2.91. The van der Waals surface area contributed by atoms with Crippen molar-refractivity contribution in [3.05, 3.63) is 86.0 Å². The van der Waals surface area contributed by atoms with Gasteiger partial charge in [0.1, 0.15) is 18.5 Å². The van der Waals surface area contributed by atoms with E-state index in [4.69, 9.17) is 16.3 Å². The van der Waals surface area contributed by atoms with Gasteiger partial charge in [-0.25, -0.2) is 10.2 Å². The fraction of sp³-hybridized carbons (Fsp3) is 0.217. The molecule has 2 aromatic carbocycles. The maximum atomic E-state index is 12.9. The summed E-state index contributed by atoms with van der Waals surface area (Å²) in [5.41, 5.74) is 2.75. The number of nitrogens with zero attached hydrogens (tertiary/aromatic N) is 5. The van der Waals surface area contributed by atoms with Gasteiger partial charge in [-0.15, -0.1) is 0 Å². The number of hydrogen-bond donors (Lipinski definition) is 2. The van der Waals surface area contributed by atoms with E-state index in [1.54, 1.807) is 24.3 Å². The van der Waals surface area contributed by atoms with Crippen LogP contribution in [0.2, 0.25) is 5.02 Å². The number of para-hydroxylation sites is 1. The number of hydrazone groups is 1. The highest BCUT2D eigenvalue weighted by Crippen LogP contribution is 2.18. The quantitative estimate of drug-likeness (QED) is 0.293. The van der Waals surface area contributed by atoms with Crippen LogP contribution in [0.3, 0.4) is 0 Å². The van der Waals surface area contributed by atoms with Gasteiger partial charge in [0, 0.05) is 24.7 Å². The van der Waals surface area contributed by atoms with Crippen LogP contribution >= 0.6 is 11.6 Å². The number of anilines is 1. The predicted molar refractivity (Wildman–Crippen MR) is 131 cm³/mol. The summed E-state index contributed by atoms with van der Waals surface area (Å²) in [6, 6.07) is 16.2. The Balaban J connectivity index is 1.68. The van der Waals surface area contributed by atoms with Gasteiger partial charge in [0.2, 0.25) is 5.95 Å². The first-order valence-electron chi connectivity index (χ1n) is 10.4. The first kappa shape index (κ1) is 23.3. The standard InChI is InChI=1S/C23H23ClN6O4/c1-28-20-19(21(32)29(2)23(28)33)30(13-16(31)14-34-17-9-4-3-5-10-17)22(26-20)27-25-12-15-8-6-7-11-18(15)24/h3-12,16,31H,13-14H2,1-2H3,(H,26,27). The molecule has 2 heterocycles. The molecule has 0 aliphatic heterocycles. The molecule has 1 unspecified atom stereocenters. The van der Waals surface area contributed by atoms with E-state index in [0.717, 1.165) is 4.57 Å². The van der Waals surface area contributed by atoms with Gasteiger partial charge in [0.15, 0.2) is 11.2 Å². The molecule has 11 heteroatoms. The van der Waals surface area contributed by atoms with Gasteiger partial charge in [-0.1, -0.05) is 48.0 Å². The summed E-state index contributed by atoms with van der Waals surface area (Å²) < 4.78 is 9.37. The topological polar surface area (TPSA) is 116 Å². The van der Waals surface area contributed by atoms with E-state index in [0.29, 0.717) is 16.3 Å². The van der Waals surface area contributed by atoms with Gasteiger partial charge in [-0.3, -0.25) is 13.9 Å². The zero-order chi connectivity index (χ0) is 24.2. The highest BCUT2D eigenvalue weighted by atomic mass is 35.5. The van der Waals surface area contributed by atoms with Crippen LogP contribution in [0.4, 0.5) is 5.95 Å². The van der Waals surface area contributed by atoms with Crippen LogP contribution in [0.5, 0.6) is 5.75 Å². The first-order chi connectivity index (χ1) is 16.4. The van der Waals surface area contributed by atoms with Gasteiger partial charge in [0.05, 0.1) is 12.8 Å². The minimum Gasteiger partial charge on any atom is -0.491 e. The third-order valence-corrected chi connectivity index (χ3v) is 5.54. The molecule has 0 radical (unpaired) electrons. The molecular formula is C23H23ClN6O4. The molecule has 0 bridgehead atoms. The molecule has 1 atom stereocenters. The molecular weight excluding hydrogens is 460 g/mol. The molecule has 0 fully saturated rings. The summed E-state index contributed by atoms with van der Waals surface area (Å²) in [5, 5.41) is 15.4. The summed E-state index contributed by atoms with van der Waals surface area (Å²) in [5.74, 6) is 0.786. The Bertz CT molecular complexity index is 1460. The fourth-order valence-electron chi connectivity index (χ4n) is 3.42. The van der Waals surface area contributed by atoms with Crippen molar-refractivity contribution in [1.82, 2.24) is 18.7 Å². The van der Waals surface area contributed by atoms with Gasteiger partial charge >= 0.3 is 5.69 Å². The number of halogens is 1. The maximum absolute atomic E-state index is 12.9. The second-order valence-corrected chi connectivity index (χ2v) is 8.00. The maximum Gasteiger partial charge on any atom is 0.332 e. The normalized spacial score (nSPS) is 12.4. The number of nitrogens with one attached hydrogen (secondary N) is 1. The monoisotopic (exact) mass is 482 g/mol. The first-order valence-corrected chi connectivity index (χ1v) is 10.8. The number of aryl methyl sites for hydroxylation is 1. The molecule has 0 spiro atoms. The van der Waals surface area contributed by atoms with Crippen LogP contribution in [-0.4, -0.2) is 42.7 Å². The molecule has 2 aromatic heterocycles. The lowest BCUT2D eigenvalue weighted by Gasteiger charge is -2.15. The lowest BCUT2D eigenvalue weighted by atomic mass is 10.2. The molecule has 4 aromatic rings. The van der Waals surface area contributed by atoms with Crippen molar-refractivity contribution in [2.24, 2.45) is 19.2 Å². The Labute approximate surface area is 199 Å². The summed E-state index contributed by atoms with van der Waals surface area (Å²) >= 11 is 6.16. The van der Waals surface area contributed by atoms with Crippen LogP contribution in [0.25, 0.3) is 11.2 Å². The zero-order valence-electron chi connectivity index (χ0n) is 18.6. The Hall–Kier alpha value is -3.89. The minimum absolute atomic E-state index is 0.0158. The largest absolute Gasteiger partial charge is 0.491 e. The average molecular weight is 483 g/mol. The third kappa shape index (κ3) is 4.73. The van der Waals surface area contributed by atoms with E-state index in [1.165, 1.54) is 29.4 Å². The molecule has 10 nitrogen and oxygen atoms in total. The van der Waals surface area contributed by atoms with Gasteiger partial charge < -0.3 is 14.4 Å². The second-order valence-electron chi connectivity index (χ2n) is 7.59. The number of aliphatic hydroxyl groups excluding tert-OH is 1. The molecule has 176 valence electrons. The smallest absolute Gasteiger partial charge is 0.332 e. The molecule has 2 N–H and O–H groups in total. The van der Waals surface area contributed by atoms with Crippen LogP contribution in [0.1, 0.15) is 5.56 Å². The van der Waals surface area contributed by atoms with Crippen LogP contribution < -0.4 is 21.4 Å². The summed E-state index contributed by atoms with van der Waals surface area (Å²) in [6.07, 6.45) is 0.533. The van der Waals surface area contributed by atoms with Crippen molar-refractivity contribution in [3.8, 4) is 5.75 Å². The number of aromatic nitrogens is 4. The number of fused-ring (bicyclic) bond motifs is 1. The average Bonchev–Trinajstić information content (AvgIpc) is 3.20. The highest BCUT2D eigenvalue weighted by molar-refractivity contribution is 6.33. The number of ether oxygens (including phenoxy) is 1. The van der Waals surface area contributed by atoms with E-state index in [1.807, 2.05) is 30.3 Å². The SMILES string of the molecule is Cn1c(=O)c2c(nc(NN=Cc3ccccc3Cl)n2CC(O)COc2ccccc2)n(C)c1=O.